The number of benzene rings is 3. The van der Waals surface area contributed by atoms with Crippen molar-refractivity contribution in [3.63, 3.8) is 0 Å². The Kier molecular flexibility index (Phi) is 9.04. The number of amides is 2. The van der Waals surface area contributed by atoms with E-state index in [2.05, 4.69) is 10.9 Å². The minimum atomic E-state index is -0.543. The molecule has 2 N–H and O–H groups in total. The van der Waals surface area contributed by atoms with E-state index >= 15 is 0 Å². The molecule has 8 heteroatoms. The molecule has 3 aromatic rings. The normalized spacial score (nSPS) is 10.1. The molecule has 0 radical (unpaired) electrons. The summed E-state index contributed by atoms with van der Waals surface area (Å²) in [6.07, 6.45) is 0.749. The number of hydrogen-bond acceptors (Lipinski definition) is 6. The lowest BCUT2D eigenvalue weighted by Gasteiger charge is -2.10. The Morgan fingerprint density at radius 1 is 0.765 bits per heavy atom. The number of hydrogen-bond donors (Lipinski definition) is 2. The first kappa shape index (κ1) is 24.3. The maximum absolute atomic E-state index is 12.4. The first-order chi connectivity index (χ1) is 16.5. The molecule has 0 aliphatic heterocycles. The summed E-state index contributed by atoms with van der Waals surface area (Å²) in [5.74, 6) is -0.502. The Hall–Kier alpha value is -4.33. The van der Waals surface area contributed by atoms with Crippen LogP contribution in [0, 0.1) is 0 Å². The molecule has 3 aromatic carbocycles. The molecule has 0 saturated heterocycles. The first-order valence-electron chi connectivity index (χ1n) is 10.8. The van der Waals surface area contributed by atoms with Crippen LogP contribution < -0.4 is 20.3 Å². The SMILES string of the molecule is CCOC(=O)c1ccc(OCC(=O)NNC(=O)c2cccc(OCCc3ccccc3)c2)cc1. The largest absolute Gasteiger partial charge is 0.493 e. The van der Waals surface area contributed by atoms with E-state index in [1.165, 1.54) is 0 Å². The van der Waals surface area contributed by atoms with Crippen molar-refractivity contribution in [2.75, 3.05) is 19.8 Å². The second kappa shape index (κ2) is 12.6. The molecule has 0 heterocycles. The van der Waals surface area contributed by atoms with Crippen molar-refractivity contribution in [1.82, 2.24) is 10.9 Å². The van der Waals surface area contributed by atoms with E-state index in [0.717, 1.165) is 12.0 Å². The molecule has 0 aliphatic rings. The van der Waals surface area contributed by atoms with Gasteiger partial charge in [-0.2, -0.15) is 0 Å². The van der Waals surface area contributed by atoms with Crippen LogP contribution in [0.4, 0.5) is 0 Å². The Bertz CT molecular complexity index is 1100. The average Bonchev–Trinajstić information content (AvgIpc) is 2.87. The van der Waals surface area contributed by atoms with Gasteiger partial charge in [-0.05, 0) is 55.0 Å². The van der Waals surface area contributed by atoms with Gasteiger partial charge in [0.05, 0.1) is 18.8 Å². The fourth-order valence-electron chi connectivity index (χ4n) is 2.94. The smallest absolute Gasteiger partial charge is 0.338 e. The molecule has 8 nitrogen and oxygen atoms in total. The van der Waals surface area contributed by atoms with Crippen molar-refractivity contribution >= 4 is 17.8 Å². The van der Waals surface area contributed by atoms with E-state index in [0.29, 0.717) is 29.2 Å². The van der Waals surface area contributed by atoms with Gasteiger partial charge in [0.1, 0.15) is 11.5 Å². The molecule has 176 valence electrons. The Morgan fingerprint density at radius 2 is 1.53 bits per heavy atom. The third-order valence-corrected chi connectivity index (χ3v) is 4.65. The second-order valence-corrected chi connectivity index (χ2v) is 7.15. The minimum Gasteiger partial charge on any atom is -0.493 e. The zero-order valence-corrected chi connectivity index (χ0v) is 18.8. The van der Waals surface area contributed by atoms with Gasteiger partial charge in [0.15, 0.2) is 6.61 Å². The molecule has 0 fully saturated rings. The molecule has 0 bridgehead atoms. The lowest BCUT2D eigenvalue weighted by Crippen LogP contribution is -2.43. The van der Waals surface area contributed by atoms with E-state index in [-0.39, 0.29) is 13.2 Å². The summed E-state index contributed by atoms with van der Waals surface area (Å²) in [4.78, 5) is 36.0. The highest BCUT2D eigenvalue weighted by molar-refractivity contribution is 5.95. The Labute approximate surface area is 197 Å². The van der Waals surface area contributed by atoms with Crippen molar-refractivity contribution in [2.24, 2.45) is 0 Å². The van der Waals surface area contributed by atoms with Crippen molar-refractivity contribution in [3.05, 3.63) is 95.6 Å². The molecule has 34 heavy (non-hydrogen) atoms. The van der Waals surface area contributed by atoms with Gasteiger partial charge in [-0.15, -0.1) is 0 Å². The van der Waals surface area contributed by atoms with Crippen LogP contribution in [-0.2, 0) is 16.0 Å². The van der Waals surface area contributed by atoms with Crippen molar-refractivity contribution in [3.8, 4) is 11.5 Å². The number of rotatable bonds is 10. The van der Waals surface area contributed by atoms with Crippen LogP contribution in [0.15, 0.2) is 78.9 Å². The van der Waals surface area contributed by atoms with Gasteiger partial charge in [-0.3, -0.25) is 20.4 Å². The third kappa shape index (κ3) is 7.67. The monoisotopic (exact) mass is 462 g/mol. The minimum absolute atomic E-state index is 0.286. The molecule has 0 atom stereocenters. The van der Waals surface area contributed by atoms with Crippen LogP contribution in [-0.4, -0.2) is 37.6 Å². The molecular weight excluding hydrogens is 436 g/mol. The Morgan fingerprint density at radius 3 is 2.26 bits per heavy atom. The predicted octanol–water partition coefficient (Wildman–Crippen LogP) is 3.32. The van der Waals surface area contributed by atoms with E-state index in [4.69, 9.17) is 14.2 Å². The fourth-order valence-corrected chi connectivity index (χ4v) is 2.94. The number of esters is 1. The molecule has 0 unspecified atom stereocenters. The maximum atomic E-state index is 12.4. The molecule has 0 aliphatic carbocycles. The van der Waals surface area contributed by atoms with Gasteiger partial charge >= 0.3 is 5.97 Å². The highest BCUT2D eigenvalue weighted by atomic mass is 16.5. The maximum Gasteiger partial charge on any atom is 0.338 e. The summed E-state index contributed by atoms with van der Waals surface area (Å²) in [5.41, 5.74) is 6.54. The van der Waals surface area contributed by atoms with Crippen molar-refractivity contribution in [1.29, 1.82) is 0 Å². The van der Waals surface area contributed by atoms with Gasteiger partial charge in [-0.25, -0.2) is 4.79 Å². The molecule has 0 spiro atoms. The summed E-state index contributed by atoms with van der Waals surface area (Å²) in [7, 11) is 0. The van der Waals surface area contributed by atoms with E-state index in [1.807, 2.05) is 30.3 Å². The van der Waals surface area contributed by atoms with Crippen LogP contribution in [0.5, 0.6) is 11.5 Å². The lowest BCUT2D eigenvalue weighted by atomic mass is 10.2. The molecule has 3 rings (SSSR count). The van der Waals surface area contributed by atoms with E-state index in [9.17, 15) is 14.4 Å². The summed E-state index contributed by atoms with van der Waals surface area (Å²) < 4.78 is 16.0. The van der Waals surface area contributed by atoms with Crippen LogP contribution in [0.2, 0.25) is 0 Å². The third-order valence-electron chi connectivity index (χ3n) is 4.65. The highest BCUT2D eigenvalue weighted by Gasteiger charge is 2.10. The summed E-state index contributed by atoms with van der Waals surface area (Å²) in [5, 5.41) is 0. The lowest BCUT2D eigenvalue weighted by molar-refractivity contribution is -0.123. The van der Waals surface area contributed by atoms with Crippen LogP contribution in [0.3, 0.4) is 0 Å². The molecule has 0 saturated carbocycles. The van der Waals surface area contributed by atoms with Gasteiger partial charge < -0.3 is 14.2 Å². The van der Waals surface area contributed by atoms with Crippen molar-refractivity contribution < 1.29 is 28.6 Å². The van der Waals surface area contributed by atoms with Crippen LogP contribution >= 0.6 is 0 Å². The summed E-state index contributed by atoms with van der Waals surface area (Å²) >= 11 is 0. The number of hydrazine groups is 1. The zero-order valence-electron chi connectivity index (χ0n) is 18.8. The summed E-state index contributed by atoms with van der Waals surface area (Å²) in [6, 6.07) is 22.9. The van der Waals surface area contributed by atoms with Gasteiger partial charge in [-0.1, -0.05) is 36.4 Å². The van der Waals surface area contributed by atoms with E-state index in [1.54, 1.807) is 55.5 Å². The van der Waals surface area contributed by atoms with Crippen molar-refractivity contribution in [2.45, 2.75) is 13.3 Å². The Balaban J connectivity index is 1.41. The first-order valence-corrected chi connectivity index (χ1v) is 10.8. The average molecular weight is 463 g/mol. The van der Waals surface area contributed by atoms with Crippen LogP contribution in [0.25, 0.3) is 0 Å². The fraction of sp³-hybridized carbons (Fsp3) is 0.192. The highest BCUT2D eigenvalue weighted by Crippen LogP contribution is 2.14. The quantitative estimate of drug-likeness (QED) is 0.354. The molecular formula is C26H26N2O6. The predicted molar refractivity (Wildman–Crippen MR) is 126 cm³/mol. The number of ether oxygens (including phenoxy) is 3. The van der Waals surface area contributed by atoms with Gasteiger partial charge in [0.25, 0.3) is 11.8 Å². The van der Waals surface area contributed by atoms with E-state index < -0.39 is 17.8 Å². The van der Waals surface area contributed by atoms with Gasteiger partial charge in [0, 0.05) is 12.0 Å². The second-order valence-electron chi connectivity index (χ2n) is 7.15. The number of nitrogens with one attached hydrogen (secondary N) is 2. The number of carbonyl (C=O) groups is 3. The standard InChI is InChI=1S/C26H26N2O6/c1-2-32-26(31)20-11-13-22(14-12-20)34-18-24(29)27-28-25(30)21-9-6-10-23(17-21)33-16-15-19-7-4-3-5-8-19/h3-14,17H,2,15-16,18H2,1H3,(H,27,29)(H,28,30). The zero-order chi connectivity index (χ0) is 24.2. The number of carbonyl (C=O) groups excluding carboxylic acids is 3. The summed E-state index contributed by atoms with van der Waals surface area (Å²) in [6.45, 7) is 2.17. The molecule has 0 aromatic heterocycles. The van der Waals surface area contributed by atoms with Crippen LogP contribution in [0.1, 0.15) is 33.2 Å². The molecule has 2 amide bonds. The topological polar surface area (TPSA) is 103 Å². The van der Waals surface area contributed by atoms with Gasteiger partial charge in [0.2, 0.25) is 0 Å².